The summed E-state index contributed by atoms with van der Waals surface area (Å²) in [5.74, 6) is 0. The maximum atomic E-state index is 4.57. The summed E-state index contributed by atoms with van der Waals surface area (Å²) in [5.41, 5.74) is -0.185. The van der Waals surface area contributed by atoms with Gasteiger partial charge in [-0.3, -0.25) is 15.0 Å². The molecule has 0 radical (unpaired) electrons. The molecule has 26 heavy (non-hydrogen) atoms. The molecule has 0 aliphatic carbocycles. The van der Waals surface area contributed by atoms with Crippen LogP contribution in [0.5, 0.6) is 0 Å². The Hall–Kier alpha value is -2.10. The zero-order valence-corrected chi connectivity index (χ0v) is 16.7. The minimum absolute atomic E-state index is 0.185. The lowest BCUT2D eigenvalue weighted by atomic mass is 9.91. The molecule has 0 spiro atoms. The smallest absolute Gasteiger partial charge is 0.133 e. The fourth-order valence-corrected chi connectivity index (χ4v) is 3.63. The Bertz CT molecular complexity index is 723. The number of hydrogen-bond donors (Lipinski definition) is 0. The van der Waals surface area contributed by atoms with E-state index in [0.29, 0.717) is 19.6 Å². The predicted molar refractivity (Wildman–Crippen MR) is 112 cm³/mol. The largest absolute Gasteiger partial charge is 0.289 e. The molecule has 0 aromatic carbocycles. The van der Waals surface area contributed by atoms with Crippen LogP contribution in [0.15, 0.2) is 49.7 Å². The Morgan fingerprint density at radius 3 is 1.35 bits per heavy atom. The molecule has 6 nitrogen and oxygen atoms in total. The monoisotopic (exact) mass is 402 g/mol. The molecule has 134 valence electrons. The van der Waals surface area contributed by atoms with Crippen LogP contribution in [0.25, 0.3) is 0 Å². The van der Waals surface area contributed by atoms with Gasteiger partial charge in [0.15, 0.2) is 0 Å². The lowest BCUT2D eigenvalue weighted by Gasteiger charge is -2.23. The highest BCUT2D eigenvalue weighted by Crippen LogP contribution is 2.19. The molecule has 3 aromatic rings. The predicted octanol–water partition coefficient (Wildman–Crippen LogP) is 3.72. The summed E-state index contributed by atoms with van der Waals surface area (Å²) in [6.45, 7) is 4.01. The van der Waals surface area contributed by atoms with Crippen molar-refractivity contribution in [2.24, 2.45) is 20.4 Å². The molecule has 0 fully saturated rings. The van der Waals surface area contributed by atoms with Crippen molar-refractivity contribution in [3.63, 3.8) is 0 Å². The van der Waals surface area contributed by atoms with Crippen molar-refractivity contribution in [3.05, 3.63) is 49.8 Å². The molecule has 0 aliphatic rings. The number of aliphatic imine (C=N–C) groups is 3. The van der Waals surface area contributed by atoms with Gasteiger partial charge >= 0.3 is 0 Å². The summed E-state index contributed by atoms with van der Waals surface area (Å²) in [6, 6.07) is 0. The van der Waals surface area contributed by atoms with Gasteiger partial charge in [0, 0.05) is 59.8 Å². The van der Waals surface area contributed by atoms with Crippen molar-refractivity contribution >= 4 is 52.7 Å². The van der Waals surface area contributed by atoms with Gasteiger partial charge in [-0.2, -0.15) is 0 Å². The van der Waals surface area contributed by atoms with E-state index in [4.69, 9.17) is 0 Å². The van der Waals surface area contributed by atoms with Gasteiger partial charge in [-0.05, 0) is 0 Å². The van der Waals surface area contributed by atoms with Gasteiger partial charge in [-0.15, -0.1) is 34.0 Å². The summed E-state index contributed by atoms with van der Waals surface area (Å²) in [6.07, 6.45) is 10.8. The summed E-state index contributed by atoms with van der Waals surface area (Å²) >= 11 is 4.72. The van der Waals surface area contributed by atoms with Crippen LogP contribution >= 0.6 is 34.0 Å². The molecule has 3 heterocycles. The van der Waals surface area contributed by atoms with Crippen molar-refractivity contribution < 1.29 is 0 Å². The standard InChI is InChI=1S/C17H18N6S3/c1-17(11-18-8-14-21-2-5-24-14,12-19-9-15-22-3-6-25-15)13-20-10-16-23-4-7-26-16/h2-10H,11-13H2,1H3. The van der Waals surface area contributed by atoms with Crippen LogP contribution in [0.1, 0.15) is 21.9 Å². The molecular weight excluding hydrogens is 384 g/mol. The Labute approximate surface area is 164 Å². The first kappa shape index (κ1) is 18.7. The summed E-state index contributed by atoms with van der Waals surface area (Å²) < 4.78 is 0. The minimum atomic E-state index is -0.185. The van der Waals surface area contributed by atoms with Gasteiger partial charge in [0.25, 0.3) is 0 Å². The van der Waals surface area contributed by atoms with Crippen LogP contribution in [-0.2, 0) is 0 Å². The second-order valence-corrected chi connectivity index (χ2v) is 8.61. The van der Waals surface area contributed by atoms with Gasteiger partial charge in [0.05, 0.1) is 18.6 Å². The van der Waals surface area contributed by atoms with Gasteiger partial charge in [-0.1, -0.05) is 6.92 Å². The second kappa shape index (κ2) is 9.56. The lowest BCUT2D eigenvalue weighted by molar-refractivity contribution is 0.366. The third kappa shape index (κ3) is 6.01. The maximum Gasteiger partial charge on any atom is 0.133 e. The van der Waals surface area contributed by atoms with E-state index in [1.54, 1.807) is 52.6 Å². The van der Waals surface area contributed by atoms with E-state index in [-0.39, 0.29) is 5.41 Å². The van der Waals surface area contributed by atoms with Crippen LogP contribution in [0.2, 0.25) is 0 Å². The van der Waals surface area contributed by atoms with Crippen molar-refractivity contribution in [2.75, 3.05) is 19.6 Å². The molecule has 3 rings (SSSR count). The first-order chi connectivity index (χ1) is 12.7. The van der Waals surface area contributed by atoms with Crippen molar-refractivity contribution in [1.29, 1.82) is 0 Å². The van der Waals surface area contributed by atoms with E-state index < -0.39 is 0 Å². The maximum absolute atomic E-state index is 4.57. The van der Waals surface area contributed by atoms with E-state index in [1.165, 1.54) is 0 Å². The van der Waals surface area contributed by atoms with Crippen LogP contribution in [0.4, 0.5) is 0 Å². The molecule has 0 saturated carbocycles. The molecule has 9 heteroatoms. The normalized spacial score (nSPS) is 14.7. The van der Waals surface area contributed by atoms with Crippen molar-refractivity contribution in [1.82, 2.24) is 15.0 Å². The Balaban J connectivity index is 1.64. The summed E-state index contributed by atoms with van der Waals surface area (Å²) in [7, 11) is 0. The SMILES string of the molecule is CC(CN=Cc1nccs1)(CN=Cc1nccs1)CN=Cc1nccs1. The molecule has 3 aromatic heterocycles. The number of nitrogens with zero attached hydrogens (tertiary/aromatic N) is 6. The Kier molecular flexibility index (Phi) is 6.87. The molecule has 0 aliphatic heterocycles. The number of aromatic nitrogens is 3. The zero-order chi connectivity index (χ0) is 18.1. The molecule has 0 atom stereocenters. The van der Waals surface area contributed by atoms with Gasteiger partial charge in [0.1, 0.15) is 15.0 Å². The molecule has 0 N–H and O–H groups in total. The van der Waals surface area contributed by atoms with E-state index in [2.05, 4.69) is 36.9 Å². The van der Waals surface area contributed by atoms with Gasteiger partial charge < -0.3 is 0 Å². The second-order valence-electron chi connectivity index (χ2n) is 5.83. The van der Waals surface area contributed by atoms with Gasteiger partial charge in [0.2, 0.25) is 0 Å². The molecule has 0 unspecified atom stereocenters. The van der Waals surface area contributed by atoms with Crippen LogP contribution in [0, 0.1) is 5.41 Å². The van der Waals surface area contributed by atoms with E-state index in [9.17, 15) is 0 Å². The number of hydrogen-bond acceptors (Lipinski definition) is 9. The summed E-state index contributed by atoms with van der Waals surface area (Å²) in [5, 5.41) is 8.55. The fraction of sp³-hybridized carbons (Fsp3) is 0.294. The lowest BCUT2D eigenvalue weighted by Crippen LogP contribution is -2.28. The number of rotatable bonds is 9. The van der Waals surface area contributed by atoms with E-state index in [0.717, 1.165) is 15.0 Å². The fourth-order valence-electron chi connectivity index (χ4n) is 2.08. The van der Waals surface area contributed by atoms with Crippen molar-refractivity contribution in [2.45, 2.75) is 6.92 Å². The molecular formula is C17H18N6S3. The molecule has 0 amide bonds. The third-order valence-corrected chi connectivity index (χ3v) is 5.51. The first-order valence-corrected chi connectivity index (χ1v) is 10.6. The average Bonchev–Trinajstić information content (AvgIpc) is 3.39. The van der Waals surface area contributed by atoms with E-state index >= 15 is 0 Å². The molecule has 0 bridgehead atoms. The van der Waals surface area contributed by atoms with Crippen LogP contribution in [-0.4, -0.2) is 53.2 Å². The topological polar surface area (TPSA) is 75.8 Å². The highest BCUT2D eigenvalue weighted by Gasteiger charge is 2.23. The van der Waals surface area contributed by atoms with E-state index in [1.807, 2.05) is 34.8 Å². The average molecular weight is 403 g/mol. The quantitative estimate of drug-likeness (QED) is 0.512. The Morgan fingerprint density at radius 1 is 0.731 bits per heavy atom. The third-order valence-electron chi connectivity index (χ3n) is 3.38. The highest BCUT2D eigenvalue weighted by molar-refractivity contribution is 7.11. The Morgan fingerprint density at radius 2 is 1.08 bits per heavy atom. The highest BCUT2D eigenvalue weighted by atomic mass is 32.1. The number of thiazole rings is 3. The van der Waals surface area contributed by atoms with Crippen LogP contribution in [0.3, 0.4) is 0 Å². The van der Waals surface area contributed by atoms with Crippen LogP contribution < -0.4 is 0 Å². The van der Waals surface area contributed by atoms with Gasteiger partial charge in [-0.25, -0.2) is 15.0 Å². The van der Waals surface area contributed by atoms with Crippen molar-refractivity contribution in [3.8, 4) is 0 Å². The minimum Gasteiger partial charge on any atom is -0.289 e. The summed E-state index contributed by atoms with van der Waals surface area (Å²) in [4.78, 5) is 26.4. The molecule has 0 saturated heterocycles. The zero-order valence-electron chi connectivity index (χ0n) is 14.2. The first-order valence-electron chi connectivity index (χ1n) is 7.91.